The number of carbonyl (C=O) groups is 3. The number of esters is 2. The van der Waals surface area contributed by atoms with Crippen LogP contribution in [0.1, 0.15) is 85.3 Å². The van der Waals surface area contributed by atoms with E-state index in [2.05, 4.69) is 34.6 Å². The lowest BCUT2D eigenvalue weighted by atomic mass is 9.35. The Balaban J connectivity index is 1.53. The SMILES string of the molecule is CC(=O)O[C@@H]1C[C@H]2C(C)(C)C(=O)CC[C@]2(C)[C@H]2CC[C@@]3(C)[C@@H](c4ccoc4)OC(=O)[C@H]4O[C@]43[C@@]21C. The summed E-state index contributed by atoms with van der Waals surface area (Å²) in [5.74, 6) is -0.213. The molecule has 7 nitrogen and oxygen atoms in total. The van der Waals surface area contributed by atoms with Crippen LogP contribution in [0.4, 0.5) is 0 Å². The molecule has 2 aliphatic heterocycles. The van der Waals surface area contributed by atoms with Crippen LogP contribution in [0.5, 0.6) is 0 Å². The lowest BCUT2D eigenvalue weighted by Gasteiger charge is -2.69. The zero-order chi connectivity index (χ0) is 25.2. The summed E-state index contributed by atoms with van der Waals surface area (Å²) >= 11 is 0. The highest BCUT2D eigenvalue weighted by Crippen LogP contribution is 2.80. The van der Waals surface area contributed by atoms with Crippen molar-refractivity contribution in [1.29, 1.82) is 0 Å². The van der Waals surface area contributed by atoms with Gasteiger partial charge in [0.1, 0.15) is 23.6 Å². The molecule has 3 aliphatic carbocycles. The fourth-order valence-electron chi connectivity index (χ4n) is 9.69. The van der Waals surface area contributed by atoms with Gasteiger partial charge in [-0.15, -0.1) is 0 Å². The fraction of sp³-hybridized carbons (Fsp3) is 0.750. The average Bonchev–Trinajstić information content (AvgIpc) is 3.35. The number of rotatable bonds is 2. The molecule has 190 valence electrons. The van der Waals surface area contributed by atoms with Crippen LogP contribution in [-0.4, -0.2) is 35.5 Å². The van der Waals surface area contributed by atoms with E-state index in [0.29, 0.717) is 12.8 Å². The van der Waals surface area contributed by atoms with Gasteiger partial charge in [-0.2, -0.15) is 0 Å². The Morgan fingerprint density at radius 2 is 1.80 bits per heavy atom. The molecule has 5 aliphatic rings. The maximum Gasteiger partial charge on any atom is 0.339 e. The highest BCUT2D eigenvalue weighted by molar-refractivity contribution is 5.86. The topological polar surface area (TPSA) is 95.3 Å². The van der Waals surface area contributed by atoms with E-state index >= 15 is 0 Å². The van der Waals surface area contributed by atoms with E-state index in [1.54, 1.807) is 12.5 Å². The molecule has 0 radical (unpaired) electrons. The molecule has 0 unspecified atom stereocenters. The molecule has 7 heteroatoms. The summed E-state index contributed by atoms with van der Waals surface area (Å²) in [5.41, 5.74) is -1.76. The Kier molecular flexibility index (Phi) is 4.51. The number of Topliss-reactive ketones (excluding diaryl/α,β-unsaturated/α-hetero) is 1. The third-order valence-electron chi connectivity index (χ3n) is 11.3. The molecule has 0 bridgehead atoms. The molecule has 6 rings (SSSR count). The van der Waals surface area contributed by atoms with Gasteiger partial charge in [0.25, 0.3) is 0 Å². The third-order valence-corrected chi connectivity index (χ3v) is 11.3. The van der Waals surface area contributed by atoms with Crippen LogP contribution in [-0.2, 0) is 28.6 Å². The third kappa shape index (κ3) is 2.53. The molecular weight excluding hydrogens is 448 g/mol. The first-order valence-corrected chi connectivity index (χ1v) is 12.9. The van der Waals surface area contributed by atoms with Gasteiger partial charge in [0.15, 0.2) is 6.10 Å². The van der Waals surface area contributed by atoms with Crippen LogP contribution in [0.3, 0.4) is 0 Å². The minimum atomic E-state index is -0.820. The number of furan rings is 1. The summed E-state index contributed by atoms with van der Waals surface area (Å²) in [4.78, 5) is 38.7. The molecule has 1 spiro atoms. The van der Waals surface area contributed by atoms with Gasteiger partial charge in [0, 0.05) is 35.2 Å². The van der Waals surface area contributed by atoms with E-state index in [-0.39, 0.29) is 35.0 Å². The number of epoxide rings is 1. The monoisotopic (exact) mass is 484 g/mol. The first kappa shape index (κ1) is 23.3. The van der Waals surface area contributed by atoms with Crippen molar-refractivity contribution in [1.82, 2.24) is 0 Å². The number of hydrogen-bond acceptors (Lipinski definition) is 7. The molecule has 1 aromatic rings. The van der Waals surface area contributed by atoms with Crippen molar-refractivity contribution >= 4 is 17.7 Å². The van der Waals surface area contributed by atoms with E-state index in [1.807, 2.05) is 6.07 Å². The van der Waals surface area contributed by atoms with Crippen LogP contribution in [0.25, 0.3) is 0 Å². The van der Waals surface area contributed by atoms with Crippen molar-refractivity contribution < 1.29 is 33.0 Å². The Morgan fingerprint density at radius 1 is 1.06 bits per heavy atom. The van der Waals surface area contributed by atoms with Crippen molar-refractivity contribution in [3.05, 3.63) is 24.2 Å². The Hall–Kier alpha value is -2.15. The normalized spacial score (nSPS) is 49.6. The van der Waals surface area contributed by atoms with E-state index in [0.717, 1.165) is 24.8 Å². The van der Waals surface area contributed by atoms with E-state index in [4.69, 9.17) is 18.6 Å². The summed E-state index contributed by atoms with van der Waals surface area (Å²) in [5, 5.41) is 0. The molecule has 5 fully saturated rings. The number of hydrogen-bond donors (Lipinski definition) is 0. The van der Waals surface area contributed by atoms with Gasteiger partial charge in [0.05, 0.1) is 12.5 Å². The van der Waals surface area contributed by atoms with Crippen LogP contribution in [0.15, 0.2) is 23.0 Å². The first-order chi connectivity index (χ1) is 16.3. The van der Waals surface area contributed by atoms with Gasteiger partial charge in [-0.25, -0.2) is 4.79 Å². The second-order valence-electron chi connectivity index (χ2n) is 12.9. The van der Waals surface area contributed by atoms with E-state index in [1.165, 1.54) is 6.92 Å². The van der Waals surface area contributed by atoms with Gasteiger partial charge >= 0.3 is 11.9 Å². The van der Waals surface area contributed by atoms with Crippen molar-refractivity contribution in [3.63, 3.8) is 0 Å². The highest BCUT2D eigenvalue weighted by Gasteiger charge is 2.88. The number of ether oxygens (including phenoxy) is 3. The molecule has 2 saturated heterocycles. The first-order valence-electron chi connectivity index (χ1n) is 12.9. The molecule has 0 amide bonds. The lowest BCUT2D eigenvalue weighted by Crippen LogP contribution is -2.73. The Morgan fingerprint density at radius 3 is 2.46 bits per heavy atom. The summed E-state index contributed by atoms with van der Waals surface area (Å²) in [6.07, 6.45) is 5.22. The minimum absolute atomic E-state index is 0.0804. The average molecular weight is 485 g/mol. The van der Waals surface area contributed by atoms with Crippen LogP contribution < -0.4 is 0 Å². The summed E-state index contributed by atoms with van der Waals surface area (Å²) in [6, 6.07) is 1.85. The molecule has 1 aromatic heterocycles. The quantitative estimate of drug-likeness (QED) is 0.440. The second-order valence-corrected chi connectivity index (χ2v) is 12.9. The largest absolute Gasteiger partial charge is 0.472 e. The maximum absolute atomic E-state index is 13.3. The predicted molar refractivity (Wildman–Crippen MR) is 124 cm³/mol. The van der Waals surface area contributed by atoms with E-state index < -0.39 is 40.2 Å². The van der Waals surface area contributed by atoms with Crippen LogP contribution >= 0.6 is 0 Å². The molecule has 35 heavy (non-hydrogen) atoms. The summed E-state index contributed by atoms with van der Waals surface area (Å²) in [6.45, 7) is 12.2. The maximum atomic E-state index is 13.3. The van der Waals surface area contributed by atoms with Gasteiger partial charge < -0.3 is 18.6 Å². The fourth-order valence-corrected chi connectivity index (χ4v) is 9.69. The smallest absolute Gasteiger partial charge is 0.339 e. The van der Waals surface area contributed by atoms with Crippen LogP contribution in [0.2, 0.25) is 0 Å². The van der Waals surface area contributed by atoms with Crippen LogP contribution in [0, 0.1) is 33.5 Å². The second kappa shape index (κ2) is 6.78. The van der Waals surface area contributed by atoms with Gasteiger partial charge in [0.2, 0.25) is 0 Å². The van der Waals surface area contributed by atoms with Crippen molar-refractivity contribution in [2.75, 3.05) is 0 Å². The van der Waals surface area contributed by atoms with E-state index in [9.17, 15) is 14.4 Å². The molecule has 0 N–H and O–H groups in total. The Labute approximate surface area is 206 Å². The van der Waals surface area contributed by atoms with Gasteiger partial charge in [-0.3, -0.25) is 9.59 Å². The molecule has 0 aromatic carbocycles. The zero-order valence-electron chi connectivity index (χ0n) is 21.5. The van der Waals surface area contributed by atoms with Gasteiger partial charge in [-0.05, 0) is 49.0 Å². The zero-order valence-corrected chi connectivity index (χ0v) is 21.5. The van der Waals surface area contributed by atoms with Crippen molar-refractivity contribution in [2.45, 2.75) is 97.6 Å². The molecule has 3 heterocycles. The number of fused-ring (bicyclic) bond motifs is 3. The highest BCUT2D eigenvalue weighted by atomic mass is 16.7. The summed E-state index contributed by atoms with van der Waals surface area (Å²) in [7, 11) is 0. The number of cyclic esters (lactones) is 1. The summed E-state index contributed by atoms with van der Waals surface area (Å²) < 4.78 is 24.0. The molecular formula is C28H36O7. The standard InChI is InChI=1S/C28H36O7/c1-15(29)33-20-13-18-24(2,3)19(30)8-10-25(18,4)17-7-11-26(5)21(16-9-12-32-14-16)34-23(31)22-28(26,35-22)27(17,20)6/h9,12,14,17-18,20-22H,7-8,10-11,13H2,1-6H3/t17-,18+,20-,21-,22-,25-,26+,27+,28-/m1/s1. The number of carbonyl (C=O) groups excluding carboxylic acids is 3. The predicted octanol–water partition coefficient (Wildman–Crippen LogP) is 4.78. The van der Waals surface area contributed by atoms with Crippen molar-refractivity contribution in [2.24, 2.45) is 33.5 Å². The molecule has 9 atom stereocenters. The molecule has 3 saturated carbocycles. The number of ketones is 1. The Bertz CT molecular complexity index is 1110. The van der Waals surface area contributed by atoms with Crippen molar-refractivity contribution in [3.8, 4) is 0 Å². The van der Waals surface area contributed by atoms with Gasteiger partial charge in [-0.1, -0.05) is 34.6 Å². The minimum Gasteiger partial charge on any atom is -0.472 e. The lowest BCUT2D eigenvalue weighted by molar-refractivity contribution is -0.263.